The number of hydrogen-bond acceptors (Lipinski definition) is 2. The van der Waals surface area contributed by atoms with Gasteiger partial charge in [0.15, 0.2) is 6.29 Å². The average Bonchev–Trinajstić information content (AvgIpc) is 2.32. The van der Waals surface area contributed by atoms with Gasteiger partial charge in [-0.25, -0.2) is 0 Å². The van der Waals surface area contributed by atoms with Crippen molar-refractivity contribution in [3.8, 4) is 0 Å². The molecule has 1 aromatic rings. The van der Waals surface area contributed by atoms with Crippen LogP contribution in [-0.2, 0) is 6.30 Å². The zero-order chi connectivity index (χ0) is 8.48. The van der Waals surface area contributed by atoms with Crippen LogP contribution >= 0.6 is 0 Å². The summed E-state index contributed by atoms with van der Waals surface area (Å²) in [5.74, 6) is 0. The van der Waals surface area contributed by atoms with Crippen molar-refractivity contribution in [2.24, 2.45) is 0 Å². The standard InChI is InChI=1S/C5H3F3N2O/c6-5(7,8)10-2-1-4(3-11)9-10/h1-3H. The lowest BCUT2D eigenvalue weighted by molar-refractivity contribution is -0.212. The van der Waals surface area contributed by atoms with E-state index in [-0.39, 0.29) is 16.7 Å². The number of rotatable bonds is 1. The predicted molar refractivity (Wildman–Crippen MR) is 28.9 cm³/mol. The summed E-state index contributed by atoms with van der Waals surface area (Å²) in [6.45, 7) is 0. The molecule has 6 heteroatoms. The molecule has 0 bridgehead atoms. The van der Waals surface area contributed by atoms with Crippen LogP contribution in [0.1, 0.15) is 10.5 Å². The summed E-state index contributed by atoms with van der Waals surface area (Å²) in [4.78, 5) is 9.90. The van der Waals surface area contributed by atoms with Crippen LogP contribution in [0.3, 0.4) is 0 Å². The van der Waals surface area contributed by atoms with Gasteiger partial charge in [0.05, 0.1) is 0 Å². The number of halogens is 3. The first-order valence-electron chi connectivity index (χ1n) is 2.62. The molecule has 0 aliphatic rings. The van der Waals surface area contributed by atoms with Crippen LogP contribution in [0, 0.1) is 0 Å². The van der Waals surface area contributed by atoms with Gasteiger partial charge in [-0.1, -0.05) is 0 Å². The first kappa shape index (κ1) is 7.77. The van der Waals surface area contributed by atoms with Gasteiger partial charge < -0.3 is 0 Å². The van der Waals surface area contributed by atoms with Gasteiger partial charge in [0.2, 0.25) is 0 Å². The number of carbonyl (C=O) groups excluding carboxylic acids is 1. The molecule has 0 spiro atoms. The van der Waals surface area contributed by atoms with Gasteiger partial charge in [0.25, 0.3) is 0 Å². The fourth-order valence-electron chi connectivity index (χ4n) is 0.542. The molecule has 0 fully saturated rings. The third kappa shape index (κ3) is 1.57. The van der Waals surface area contributed by atoms with Crippen LogP contribution in [0.2, 0.25) is 0 Å². The summed E-state index contributed by atoms with van der Waals surface area (Å²) in [6.07, 6.45) is -3.60. The minimum Gasteiger partial charge on any atom is -0.296 e. The largest absolute Gasteiger partial charge is 0.504 e. The zero-order valence-corrected chi connectivity index (χ0v) is 5.17. The summed E-state index contributed by atoms with van der Waals surface area (Å²) >= 11 is 0. The van der Waals surface area contributed by atoms with Crippen LogP contribution in [0.5, 0.6) is 0 Å². The maximum Gasteiger partial charge on any atom is 0.504 e. The van der Waals surface area contributed by atoms with E-state index in [4.69, 9.17) is 0 Å². The quantitative estimate of drug-likeness (QED) is 0.584. The van der Waals surface area contributed by atoms with Crippen LogP contribution in [-0.4, -0.2) is 16.1 Å². The second kappa shape index (κ2) is 2.37. The highest BCUT2D eigenvalue weighted by atomic mass is 19.4. The van der Waals surface area contributed by atoms with E-state index in [0.717, 1.165) is 6.07 Å². The zero-order valence-electron chi connectivity index (χ0n) is 5.17. The summed E-state index contributed by atoms with van der Waals surface area (Å²) in [7, 11) is 0. The first-order valence-corrected chi connectivity index (χ1v) is 2.62. The van der Waals surface area contributed by atoms with Crippen LogP contribution < -0.4 is 0 Å². The molecule has 0 atom stereocenters. The fourth-order valence-corrected chi connectivity index (χ4v) is 0.542. The second-order valence-electron chi connectivity index (χ2n) is 1.77. The summed E-state index contributed by atoms with van der Waals surface area (Å²) in [5.41, 5.74) is -0.234. The number of alkyl halides is 3. The van der Waals surface area contributed by atoms with Crippen LogP contribution in [0.15, 0.2) is 12.3 Å². The Morgan fingerprint density at radius 3 is 2.45 bits per heavy atom. The van der Waals surface area contributed by atoms with E-state index in [1.807, 2.05) is 0 Å². The van der Waals surface area contributed by atoms with Crippen molar-refractivity contribution in [2.45, 2.75) is 6.30 Å². The molecule has 0 aliphatic carbocycles. The Kier molecular flexibility index (Phi) is 1.67. The van der Waals surface area contributed by atoms with E-state index in [9.17, 15) is 18.0 Å². The van der Waals surface area contributed by atoms with E-state index in [1.54, 1.807) is 0 Å². The third-order valence-corrected chi connectivity index (χ3v) is 0.990. The minimum atomic E-state index is -4.54. The van der Waals surface area contributed by atoms with Gasteiger partial charge in [0.1, 0.15) is 5.69 Å². The van der Waals surface area contributed by atoms with Crippen molar-refractivity contribution >= 4 is 6.29 Å². The predicted octanol–water partition coefficient (Wildman–Crippen LogP) is 1.17. The van der Waals surface area contributed by atoms with Crippen LogP contribution in [0.25, 0.3) is 0 Å². The molecule has 1 aromatic heterocycles. The highest BCUT2D eigenvalue weighted by Crippen LogP contribution is 2.20. The molecule has 0 amide bonds. The molecule has 11 heavy (non-hydrogen) atoms. The topological polar surface area (TPSA) is 34.9 Å². The smallest absolute Gasteiger partial charge is 0.296 e. The highest BCUT2D eigenvalue weighted by Gasteiger charge is 2.31. The number of hydrogen-bond donors (Lipinski definition) is 0. The van der Waals surface area contributed by atoms with Crippen molar-refractivity contribution < 1.29 is 18.0 Å². The Bertz CT molecular complexity index is 265. The van der Waals surface area contributed by atoms with E-state index < -0.39 is 6.30 Å². The summed E-state index contributed by atoms with van der Waals surface area (Å²) < 4.78 is 34.9. The maximum atomic E-state index is 11.7. The Balaban J connectivity index is 2.98. The van der Waals surface area contributed by atoms with Crippen molar-refractivity contribution in [2.75, 3.05) is 0 Å². The monoisotopic (exact) mass is 164 g/mol. The fraction of sp³-hybridized carbons (Fsp3) is 0.200. The summed E-state index contributed by atoms with van der Waals surface area (Å²) in [6, 6.07) is 0.987. The van der Waals surface area contributed by atoms with Crippen molar-refractivity contribution in [1.82, 2.24) is 9.78 Å². The average molecular weight is 164 g/mol. The molecule has 60 valence electrons. The lowest BCUT2D eigenvalue weighted by Gasteiger charge is -2.03. The lowest BCUT2D eigenvalue weighted by Crippen LogP contribution is -2.17. The molecule has 0 unspecified atom stereocenters. The SMILES string of the molecule is O=Cc1ccn(C(F)(F)F)n1. The molecule has 0 aliphatic heterocycles. The van der Waals surface area contributed by atoms with Gasteiger partial charge in [-0.2, -0.15) is 9.78 Å². The summed E-state index contributed by atoms with van der Waals surface area (Å²) in [5, 5.41) is 2.92. The molecule has 0 N–H and O–H groups in total. The van der Waals surface area contributed by atoms with Crippen LogP contribution in [0.4, 0.5) is 13.2 Å². The lowest BCUT2D eigenvalue weighted by atomic mass is 10.5. The van der Waals surface area contributed by atoms with E-state index in [2.05, 4.69) is 5.10 Å². The van der Waals surface area contributed by atoms with Gasteiger partial charge in [-0.15, -0.1) is 13.2 Å². The molecule has 1 heterocycles. The molecule has 1 rings (SSSR count). The van der Waals surface area contributed by atoms with Crippen molar-refractivity contribution in [3.05, 3.63) is 18.0 Å². The molecule has 3 nitrogen and oxygen atoms in total. The first-order chi connectivity index (χ1) is 5.04. The van der Waals surface area contributed by atoms with Gasteiger partial charge in [-0.3, -0.25) is 4.79 Å². The van der Waals surface area contributed by atoms with Gasteiger partial charge in [-0.05, 0) is 6.07 Å². The Morgan fingerprint density at radius 2 is 2.18 bits per heavy atom. The number of nitrogens with zero attached hydrogens (tertiary/aromatic N) is 2. The number of aldehydes is 1. The molecule has 0 saturated heterocycles. The number of aromatic nitrogens is 2. The highest BCUT2D eigenvalue weighted by molar-refractivity contribution is 5.71. The molecule has 0 saturated carbocycles. The molecule has 0 radical (unpaired) electrons. The van der Waals surface area contributed by atoms with E-state index in [0.29, 0.717) is 6.20 Å². The van der Waals surface area contributed by atoms with Crippen molar-refractivity contribution in [3.63, 3.8) is 0 Å². The molecular weight excluding hydrogens is 161 g/mol. The number of carbonyl (C=O) groups is 1. The normalized spacial score (nSPS) is 11.5. The van der Waals surface area contributed by atoms with E-state index in [1.165, 1.54) is 0 Å². The van der Waals surface area contributed by atoms with E-state index >= 15 is 0 Å². The minimum absolute atomic E-state index is 0.225. The molecular formula is C5H3F3N2O. The molecule has 0 aromatic carbocycles. The Morgan fingerprint density at radius 1 is 1.55 bits per heavy atom. The Labute approximate surface area is 59.4 Å². The van der Waals surface area contributed by atoms with Crippen molar-refractivity contribution in [1.29, 1.82) is 0 Å². The van der Waals surface area contributed by atoms with Gasteiger partial charge in [0, 0.05) is 6.20 Å². The third-order valence-electron chi connectivity index (χ3n) is 0.990. The van der Waals surface area contributed by atoms with Gasteiger partial charge >= 0.3 is 6.30 Å². The maximum absolute atomic E-state index is 11.7. The Hall–Kier alpha value is -1.33. The second-order valence-corrected chi connectivity index (χ2v) is 1.77.